The first kappa shape index (κ1) is 11.9. The van der Waals surface area contributed by atoms with Crippen LogP contribution in [0.25, 0.3) is 0 Å². The Kier molecular flexibility index (Phi) is 5.01. The summed E-state index contributed by atoms with van der Waals surface area (Å²) >= 11 is 0. The number of ether oxygens (including phenoxy) is 1. The molecule has 0 fully saturated rings. The molecule has 3 nitrogen and oxygen atoms in total. The molecule has 82 valence electrons. The van der Waals surface area contributed by atoms with Crippen molar-refractivity contribution in [3.63, 3.8) is 0 Å². The van der Waals surface area contributed by atoms with Gasteiger partial charge in [0, 0.05) is 12.7 Å². The lowest BCUT2D eigenvalue weighted by Crippen LogP contribution is -2.18. The zero-order valence-corrected chi connectivity index (χ0v) is 9.25. The Morgan fingerprint density at radius 3 is 2.53 bits per heavy atom. The number of carbonyl (C=O) groups excluding carboxylic acids is 1. The van der Waals surface area contributed by atoms with Crippen molar-refractivity contribution < 1.29 is 9.53 Å². The van der Waals surface area contributed by atoms with Crippen molar-refractivity contribution in [2.24, 2.45) is 0 Å². The second-order valence-corrected chi connectivity index (χ2v) is 3.39. The van der Waals surface area contributed by atoms with E-state index >= 15 is 0 Å². The van der Waals surface area contributed by atoms with Crippen molar-refractivity contribution in [2.45, 2.75) is 6.42 Å². The highest BCUT2D eigenvalue weighted by molar-refractivity contribution is 5.97. The first-order valence-corrected chi connectivity index (χ1v) is 5.03. The van der Waals surface area contributed by atoms with E-state index in [-0.39, 0.29) is 5.78 Å². The molecule has 0 atom stereocenters. The lowest BCUT2D eigenvalue weighted by molar-refractivity contribution is 0.0993. The van der Waals surface area contributed by atoms with Crippen molar-refractivity contribution in [2.75, 3.05) is 27.3 Å². The van der Waals surface area contributed by atoms with E-state index in [0.29, 0.717) is 13.2 Å². The van der Waals surface area contributed by atoms with Crippen molar-refractivity contribution in [3.8, 4) is 0 Å². The van der Waals surface area contributed by atoms with Crippen LogP contribution in [0.3, 0.4) is 0 Å². The summed E-state index contributed by atoms with van der Waals surface area (Å²) in [5, 5.41) is 2.85. The molecule has 15 heavy (non-hydrogen) atoms. The molecule has 0 saturated heterocycles. The lowest BCUT2D eigenvalue weighted by atomic mass is 10.1. The SMILES string of the molecule is CNCC(=O)c1ccc(CCOC)cc1. The first-order valence-electron chi connectivity index (χ1n) is 5.03. The fourth-order valence-corrected chi connectivity index (χ4v) is 1.34. The summed E-state index contributed by atoms with van der Waals surface area (Å²) in [5.74, 6) is 0.121. The van der Waals surface area contributed by atoms with Gasteiger partial charge in [0.05, 0.1) is 13.2 Å². The van der Waals surface area contributed by atoms with Gasteiger partial charge in [0.2, 0.25) is 0 Å². The van der Waals surface area contributed by atoms with Crippen LogP contribution >= 0.6 is 0 Å². The van der Waals surface area contributed by atoms with Crippen molar-refractivity contribution in [1.29, 1.82) is 0 Å². The van der Waals surface area contributed by atoms with E-state index < -0.39 is 0 Å². The number of benzene rings is 1. The highest BCUT2D eigenvalue weighted by atomic mass is 16.5. The Morgan fingerprint density at radius 1 is 1.33 bits per heavy atom. The summed E-state index contributed by atoms with van der Waals surface area (Å²) in [4.78, 5) is 11.5. The van der Waals surface area contributed by atoms with E-state index in [0.717, 1.165) is 12.0 Å². The predicted octanol–water partition coefficient (Wildman–Crippen LogP) is 1.28. The van der Waals surface area contributed by atoms with Gasteiger partial charge in [0.15, 0.2) is 5.78 Å². The number of hydrogen-bond acceptors (Lipinski definition) is 3. The topological polar surface area (TPSA) is 38.3 Å². The molecule has 0 aliphatic rings. The molecule has 3 heteroatoms. The number of carbonyl (C=O) groups is 1. The molecule has 0 spiro atoms. The van der Waals surface area contributed by atoms with Crippen LogP contribution in [-0.4, -0.2) is 33.1 Å². The van der Waals surface area contributed by atoms with Gasteiger partial charge in [-0.15, -0.1) is 0 Å². The Labute approximate surface area is 90.4 Å². The van der Waals surface area contributed by atoms with Gasteiger partial charge in [-0.3, -0.25) is 4.79 Å². The van der Waals surface area contributed by atoms with Gasteiger partial charge < -0.3 is 10.1 Å². The minimum absolute atomic E-state index is 0.121. The van der Waals surface area contributed by atoms with Gasteiger partial charge >= 0.3 is 0 Å². The molecule has 1 rings (SSSR count). The van der Waals surface area contributed by atoms with Crippen LogP contribution in [0.5, 0.6) is 0 Å². The van der Waals surface area contributed by atoms with Gasteiger partial charge in [0.25, 0.3) is 0 Å². The van der Waals surface area contributed by atoms with Crippen LogP contribution in [0.1, 0.15) is 15.9 Å². The Bertz CT molecular complexity index is 306. The Morgan fingerprint density at radius 2 is 2.00 bits per heavy atom. The van der Waals surface area contributed by atoms with Crippen LogP contribution in [-0.2, 0) is 11.2 Å². The minimum Gasteiger partial charge on any atom is -0.384 e. The van der Waals surface area contributed by atoms with Crippen molar-refractivity contribution in [1.82, 2.24) is 5.32 Å². The van der Waals surface area contributed by atoms with E-state index in [2.05, 4.69) is 5.32 Å². The van der Waals surface area contributed by atoms with E-state index in [4.69, 9.17) is 4.74 Å². The highest BCUT2D eigenvalue weighted by Gasteiger charge is 2.03. The van der Waals surface area contributed by atoms with Crippen molar-refractivity contribution in [3.05, 3.63) is 35.4 Å². The number of rotatable bonds is 6. The molecule has 0 aliphatic heterocycles. The van der Waals surface area contributed by atoms with Crippen LogP contribution in [0.4, 0.5) is 0 Å². The van der Waals surface area contributed by atoms with Crippen LogP contribution in [0.2, 0.25) is 0 Å². The van der Waals surface area contributed by atoms with Gasteiger partial charge in [-0.05, 0) is 19.0 Å². The lowest BCUT2D eigenvalue weighted by Gasteiger charge is -2.03. The molecule has 1 N–H and O–H groups in total. The molecular weight excluding hydrogens is 190 g/mol. The number of likely N-dealkylation sites (N-methyl/N-ethyl adjacent to an activating group) is 1. The molecule has 0 bridgehead atoms. The summed E-state index contributed by atoms with van der Waals surface area (Å²) in [5.41, 5.74) is 1.95. The Hall–Kier alpha value is -1.19. The van der Waals surface area contributed by atoms with Gasteiger partial charge in [-0.2, -0.15) is 0 Å². The van der Waals surface area contributed by atoms with Gasteiger partial charge in [0.1, 0.15) is 0 Å². The maximum atomic E-state index is 11.5. The first-order chi connectivity index (χ1) is 7.27. The summed E-state index contributed by atoms with van der Waals surface area (Å²) in [7, 11) is 3.45. The third-order valence-electron chi connectivity index (χ3n) is 2.21. The second kappa shape index (κ2) is 6.32. The van der Waals surface area contributed by atoms with E-state index in [1.54, 1.807) is 14.2 Å². The molecule has 0 unspecified atom stereocenters. The molecular formula is C12H17NO2. The number of methoxy groups -OCH3 is 1. The molecule has 0 aromatic heterocycles. The molecule has 1 aromatic rings. The van der Waals surface area contributed by atoms with Crippen LogP contribution in [0.15, 0.2) is 24.3 Å². The second-order valence-electron chi connectivity index (χ2n) is 3.39. The smallest absolute Gasteiger partial charge is 0.176 e. The summed E-state index contributed by atoms with van der Waals surface area (Å²) in [6.07, 6.45) is 0.886. The van der Waals surface area contributed by atoms with E-state index in [1.165, 1.54) is 5.56 Å². The maximum absolute atomic E-state index is 11.5. The third kappa shape index (κ3) is 3.81. The number of nitrogens with one attached hydrogen (secondary N) is 1. The summed E-state index contributed by atoms with van der Waals surface area (Å²) in [6.45, 7) is 1.10. The quantitative estimate of drug-likeness (QED) is 0.714. The fraction of sp³-hybridized carbons (Fsp3) is 0.417. The average molecular weight is 207 g/mol. The fourth-order valence-electron chi connectivity index (χ4n) is 1.34. The molecule has 1 aromatic carbocycles. The van der Waals surface area contributed by atoms with E-state index in [1.807, 2.05) is 24.3 Å². The van der Waals surface area contributed by atoms with Crippen LogP contribution < -0.4 is 5.32 Å². The summed E-state index contributed by atoms with van der Waals surface area (Å²) in [6, 6.07) is 7.68. The molecule has 0 amide bonds. The standard InChI is InChI=1S/C12H17NO2/c1-13-9-12(14)11-5-3-10(4-6-11)7-8-15-2/h3-6,13H,7-9H2,1-2H3. The van der Waals surface area contributed by atoms with Gasteiger partial charge in [-0.25, -0.2) is 0 Å². The molecule has 0 heterocycles. The number of ketones is 1. The van der Waals surface area contributed by atoms with E-state index in [9.17, 15) is 4.79 Å². The highest BCUT2D eigenvalue weighted by Crippen LogP contribution is 2.05. The zero-order valence-electron chi connectivity index (χ0n) is 9.25. The molecule has 0 aliphatic carbocycles. The van der Waals surface area contributed by atoms with Gasteiger partial charge in [-0.1, -0.05) is 24.3 Å². The van der Waals surface area contributed by atoms with Crippen molar-refractivity contribution >= 4 is 5.78 Å². The largest absolute Gasteiger partial charge is 0.384 e. The average Bonchev–Trinajstić information content (AvgIpc) is 2.27. The zero-order chi connectivity index (χ0) is 11.1. The predicted molar refractivity (Wildman–Crippen MR) is 60.3 cm³/mol. The number of hydrogen-bond donors (Lipinski definition) is 1. The number of Topliss-reactive ketones (excluding diaryl/α,β-unsaturated/α-hetero) is 1. The normalized spacial score (nSPS) is 10.3. The summed E-state index contributed by atoms with van der Waals surface area (Å²) < 4.78 is 4.99. The molecule has 0 saturated carbocycles. The Balaban J connectivity index is 2.59. The maximum Gasteiger partial charge on any atom is 0.176 e. The monoisotopic (exact) mass is 207 g/mol. The molecule has 0 radical (unpaired) electrons. The third-order valence-corrected chi connectivity index (χ3v) is 2.21. The van der Waals surface area contributed by atoms with Crippen LogP contribution in [0, 0.1) is 0 Å². The minimum atomic E-state index is 0.121.